The highest BCUT2D eigenvalue weighted by molar-refractivity contribution is 9.10. The van der Waals surface area contributed by atoms with E-state index in [4.69, 9.17) is 10.7 Å². The molecule has 0 unspecified atom stereocenters. The van der Waals surface area contributed by atoms with E-state index in [0.29, 0.717) is 6.54 Å². The lowest BCUT2D eigenvalue weighted by Crippen LogP contribution is -2.26. The number of hydrogen-bond donors (Lipinski definition) is 1. The van der Waals surface area contributed by atoms with Gasteiger partial charge in [-0.05, 0) is 43.0 Å². The van der Waals surface area contributed by atoms with E-state index in [1.807, 2.05) is 0 Å². The molecule has 0 amide bonds. The third-order valence-electron chi connectivity index (χ3n) is 3.19. The number of thiazole rings is 1. The Morgan fingerprint density at radius 1 is 1.37 bits per heavy atom. The van der Waals surface area contributed by atoms with E-state index < -0.39 is 0 Å². The Kier molecular flexibility index (Phi) is 4.43. The van der Waals surface area contributed by atoms with Crippen molar-refractivity contribution in [2.75, 3.05) is 6.54 Å². The van der Waals surface area contributed by atoms with Crippen molar-refractivity contribution in [3.05, 3.63) is 39.3 Å². The van der Waals surface area contributed by atoms with Gasteiger partial charge in [-0.1, -0.05) is 35.8 Å². The van der Waals surface area contributed by atoms with Crippen LogP contribution in [0.5, 0.6) is 0 Å². The van der Waals surface area contributed by atoms with E-state index in [9.17, 15) is 0 Å². The summed E-state index contributed by atoms with van der Waals surface area (Å²) in [5.41, 5.74) is 9.49. The molecule has 0 aliphatic heterocycles. The molecule has 0 aliphatic rings. The molecule has 2 rings (SSSR count). The minimum absolute atomic E-state index is 0.109. The first kappa shape index (κ1) is 14.7. The molecule has 0 saturated heterocycles. The van der Waals surface area contributed by atoms with Crippen molar-refractivity contribution in [3.8, 4) is 10.6 Å². The van der Waals surface area contributed by atoms with E-state index in [1.54, 1.807) is 11.3 Å². The molecule has 1 heterocycles. The summed E-state index contributed by atoms with van der Waals surface area (Å²) in [5.74, 6) is 0. The Labute approximate surface area is 127 Å². The summed E-state index contributed by atoms with van der Waals surface area (Å²) in [6, 6.07) is 6.31. The van der Waals surface area contributed by atoms with Crippen LogP contribution in [0, 0.1) is 12.3 Å². The Hall–Kier alpha value is -0.710. The number of benzene rings is 1. The first-order chi connectivity index (χ1) is 8.91. The number of rotatable bonds is 4. The van der Waals surface area contributed by atoms with Gasteiger partial charge >= 0.3 is 0 Å². The average Bonchev–Trinajstić information content (AvgIpc) is 2.80. The fraction of sp³-hybridized carbons (Fsp3) is 0.400. The molecule has 1 aromatic heterocycles. The van der Waals surface area contributed by atoms with Gasteiger partial charge in [-0.25, -0.2) is 4.98 Å². The minimum atomic E-state index is 0.109. The second-order valence-electron chi connectivity index (χ2n) is 5.65. The van der Waals surface area contributed by atoms with Crippen LogP contribution >= 0.6 is 27.3 Å². The zero-order valence-electron chi connectivity index (χ0n) is 11.5. The van der Waals surface area contributed by atoms with E-state index >= 15 is 0 Å². The van der Waals surface area contributed by atoms with Crippen LogP contribution < -0.4 is 5.73 Å². The number of nitrogens with zero attached hydrogens (tertiary/aromatic N) is 1. The largest absolute Gasteiger partial charge is 0.330 e. The van der Waals surface area contributed by atoms with Crippen molar-refractivity contribution < 1.29 is 0 Å². The lowest BCUT2D eigenvalue weighted by molar-refractivity contribution is 0.373. The van der Waals surface area contributed by atoms with Gasteiger partial charge in [-0.2, -0.15) is 0 Å². The molecule has 0 fully saturated rings. The topological polar surface area (TPSA) is 38.9 Å². The summed E-state index contributed by atoms with van der Waals surface area (Å²) in [7, 11) is 0. The standard InChI is InChI=1S/C15H19BrN2S/c1-10-4-5-11(16)6-13(10)14-18-12(8-19-14)7-15(2,3)9-17/h4-6,8H,7,9,17H2,1-3H3. The number of aryl methyl sites for hydroxylation is 1. The normalized spacial score (nSPS) is 11.8. The molecule has 102 valence electrons. The summed E-state index contributed by atoms with van der Waals surface area (Å²) in [6.45, 7) is 7.15. The number of hydrogen-bond acceptors (Lipinski definition) is 3. The maximum Gasteiger partial charge on any atom is 0.123 e. The van der Waals surface area contributed by atoms with Crippen molar-refractivity contribution in [3.63, 3.8) is 0 Å². The van der Waals surface area contributed by atoms with Gasteiger partial charge in [0.25, 0.3) is 0 Å². The van der Waals surface area contributed by atoms with Crippen molar-refractivity contribution in [1.82, 2.24) is 4.98 Å². The van der Waals surface area contributed by atoms with Gasteiger partial charge in [0.15, 0.2) is 0 Å². The van der Waals surface area contributed by atoms with E-state index in [-0.39, 0.29) is 5.41 Å². The smallest absolute Gasteiger partial charge is 0.123 e. The molecular weight excluding hydrogens is 320 g/mol. The molecule has 0 saturated carbocycles. The number of halogens is 1. The monoisotopic (exact) mass is 338 g/mol. The van der Waals surface area contributed by atoms with Crippen LogP contribution in [-0.4, -0.2) is 11.5 Å². The van der Waals surface area contributed by atoms with Gasteiger partial charge in [0.1, 0.15) is 5.01 Å². The molecule has 0 radical (unpaired) electrons. The van der Waals surface area contributed by atoms with Crippen LogP contribution in [-0.2, 0) is 6.42 Å². The fourth-order valence-electron chi connectivity index (χ4n) is 1.90. The lowest BCUT2D eigenvalue weighted by Gasteiger charge is -2.20. The molecule has 0 atom stereocenters. The molecular formula is C15H19BrN2S. The Balaban J connectivity index is 2.28. The van der Waals surface area contributed by atoms with Crippen LogP contribution in [0.4, 0.5) is 0 Å². The van der Waals surface area contributed by atoms with Crippen LogP contribution in [0.15, 0.2) is 28.1 Å². The van der Waals surface area contributed by atoms with E-state index in [2.05, 4.69) is 60.3 Å². The SMILES string of the molecule is Cc1ccc(Br)cc1-c1nc(CC(C)(C)CN)cs1. The van der Waals surface area contributed by atoms with Gasteiger partial charge < -0.3 is 5.73 Å². The zero-order valence-corrected chi connectivity index (χ0v) is 13.9. The molecule has 4 heteroatoms. The van der Waals surface area contributed by atoms with Gasteiger partial charge in [-0.15, -0.1) is 11.3 Å². The van der Waals surface area contributed by atoms with E-state index in [1.165, 1.54) is 11.1 Å². The maximum atomic E-state index is 5.79. The molecule has 0 bridgehead atoms. The summed E-state index contributed by atoms with van der Waals surface area (Å²) < 4.78 is 1.09. The van der Waals surface area contributed by atoms with Crippen LogP contribution in [0.3, 0.4) is 0 Å². The van der Waals surface area contributed by atoms with Crippen molar-refractivity contribution >= 4 is 27.3 Å². The fourth-order valence-corrected chi connectivity index (χ4v) is 3.16. The third-order valence-corrected chi connectivity index (χ3v) is 4.61. The highest BCUT2D eigenvalue weighted by atomic mass is 79.9. The van der Waals surface area contributed by atoms with Crippen LogP contribution in [0.2, 0.25) is 0 Å². The zero-order chi connectivity index (χ0) is 14.0. The first-order valence-corrected chi connectivity index (χ1v) is 7.99. The Morgan fingerprint density at radius 2 is 2.11 bits per heavy atom. The predicted molar refractivity (Wildman–Crippen MR) is 86.5 cm³/mol. The summed E-state index contributed by atoms with van der Waals surface area (Å²) in [6.07, 6.45) is 0.924. The second kappa shape index (κ2) is 5.73. The molecule has 2 nitrogen and oxygen atoms in total. The van der Waals surface area contributed by atoms with Crippen molar-refractivity contribution in [2.45, 2.75) is 27.2 Å². The van der Waals surface area contributed by atoms with E-state index in [0.717, 1.165) is 21.6 Å². The molecule has 1 aromatic carbocycles. The molecule has 0 aliphatic carbocycles. The Morgan fingerprint density at radius 3 is 2.79 bits per heavy atom. The number of aromatic nitrogens is 1. The van der Waals surface area contributed by atoms with Gasteiger partial charge in [0.05, 0.1) is 5.69 Å². The maximum absolute atomic E-state index is 5.79. The summed E-state index contributed by atoms with van der Waals surface area (Å²) in [4.78, 5) is 4.76. The molecule has 2 N–H and O–H groups in total. The summed E-state index contributed by atoms with van der Waals surface area (Å²) in [5, 5.41) is 3.23. The van der Waals surface area contributed by atoms with Gasteiger partial charge in [0.2, 0.25) is 0 Å². The summed E-state index contributed by atoms with van der Waals surface area (Å²) >= 11 is 5.22. The quantitative estimate of drug-likeness (QED) is 0.896. The van der Waals surface area contributed by atoms with Crippen LogP contribution in [0.25, 0.3) is 10.6 Å². The first-order valence-electron chi connectivity index (χ1n) is 6.32. The van der Waals surface area contributed by atoms with Gasteiger partial charge in [0, 0.05) is 15.4 Å². The highest BCUT2D eigenvalue weighted by Crippen LogP contribution is 2.31. The average molecular weight is 339 g/mol. The number of nitrogens with two attached hydrogens (primary N) is 1. The Bertz CT molecular complexity index is 575. The highest BCUT2D eigenvalue weighted by Gasteiger charge is 2.18. The van der Waals surface area contributed by atoms with Crippen molar-refractivity contribution in [2.24, 2.45) is 11.1 Å². The lowest BCUT2D eigenvalue weighted by atomic mass is 9.88. The van der Waals surface area contributed by atoms with Gasteiger partial charge in [-0.3, -0.25) is 0 Å². The molecule has 2 aromatic rings. The van der Waals surface area contributed by atoms with Crippen molar-refractivity contribution in [1.29, 1.82) is 0 Å². The second-order valence-corrected chi connectivity index (χ2v) is 7.42. The predicted octanol–water partition coefficient (Wildman–Crippen LogP) is 4.41. The minimum Gasteiger partial charge on any atom is -0.330 e. The third kappa shape index (κ3) is 3.65. The molecule has 0 spiro atoms. The molecule has 19 heavy (non-hydrogen) atoms. The van der Waals surface area contributed by atoms with Crippen LogP contribution in [0.1, 0.15) is 25.1 Å².